The number of nitrogens with zero attached hydrogens (tertiary/aromatic N) is 1. The Morgan fingerprint density at radius 2 is 2.00 bits per heavy atom. The summed E-state index contributed by atoms with van der Waals surface area (Å²) in [6, 6.07) is 5.40. The van der Waals surface area contributed by atoms with Gasteiger partial charge in [-0.1, -0.05) is 6.07 Å². The number of ether oxygens (including phenoxy) is 2. The SMILES string of the molecule is CCOc1cccc(OCCN)n1. The Hall–Kier alpha value is -1.29. The first-order valence-corrected chi connectivity index (χ1v) is 4.29. The highest BCUT2D eigenvalue weighted by Gasteiger charge is 1.97. The maximum atomic E-state index is 5.29. The van der Waals surface area contributed by atoms with Gasteiger partial charge in [0, 0.05) is 18.7 Å². The third-order valence-corrected chi connectivity index (χ3v) is 1.36. The summed E-state index contributed by atoms with van der Waals surface area (Å²) in [5.74, 6) is 1.13. The van der Waals surface area contributed by atoms with Crippen molar-refractivity contribution in [2.45, 2.75) is 6.92 Å². The number of aromatic nitrogens is 1. The van der Waals surface area contributed by atoms with Crippen LogP contribution in [0.3, 0.4) is 0 Å². The van der Waals surface area contributed by atoms with Gasteiger partial charge in [-0.2, -0.15) is 4.98 Å². The van der Waals surface area contributed by atoms with Crippen LogP contribution >= 0.6 is 0 Å². The molecule has 0 spiro atoms. The zero-order valence-electron chi connectivity index (χ0n) is 7.69. The minimum Gasteiger partial charge on any atom is -0.478 e. The molecule has 0 radical (unpaired) electrons. The maximum absolute atomic E-state index is 5.29. The Bertz CT molecular complexity index is 253. The number of nitrogens with two attached hydrogens (primary N) is 1. The third kappa shape index (κ3) is 3.29. The van der Waals surface area contributed by atoms with Crippen molar-refractivity contribution in [3.8, 4) is 11.8 Å². The van der Waals surface area contributed by atoms with E-state index in [0.717, 1.165) is 0 Å². The number of rotatable bonds is 5. The summed E-state index contributed by atoms with van der Waals surface area (Å²) in [6.07, 6.45) is 0. The van der Waals surface area contributed by atoms with E-state index < -0.39 is 0 Å². The molecular formula is C9H14N2O2. The molecule has 0 aliphatic rings. The van der Waals surface area contributed by atoms with Crippen LogP contribution in [0.25, 0.3) is 0 Å². The fourth-order valence-electron chi connectivity index (χ4n) is 0.868. The second-order valence-electron chi connectivity index (χ2n) is 2.38. The van der Waals surface area contributed by atoms with Crippen LogP contribution < -0.4 is 15.2 Å². The van der Waals surface area contributed by atoms with E-state index in [1.54, 1.807) is 12.1 Å². The van der Waals surface area contributed by atoms with E-state index >= 15 is 0 Å². The maximum Gasteiger partial charge on any atom is 0.216 e. The lowest BCUT2D eigenvalue weighted by atomic mass is 10.5. The van der Waals surface area contributed by atoms with E-state index in [4.69, 9.17) is 15.2 Å². The van der Waals surface area contributed by atoms with E-state index in [9.17, 15) is 0 Å². The molecule has 72 valence electrons. The second kappa shape index (κ2) is 5.37. The van der Waals surface area contributed by atoms with Crippen LogP contribution in [0.1, 0.15) is 6.92 Å². The van der Waals surface area contributed by atoms with E-state index in [1.807, 2.05) is 13.0 Å². The van der Waals surface area contributed by atoms with Crippen molar-refractivity contribution in [3.63, 3.8) is 0 Å². The first-order valence-electron chi connectivity index (χ1n) is 4.29. The van der Waals surface area contributed by atoms with E-state index in [0.29, 0.717) is 31.5 Å². The summed E-state index contributed by atoms with van der Waals surface area (Å²) in [5.41, 5.74) is 5.29. The minimum atomic E-state index is 0.475. The Labute approximate surface area is 77.7 Å². The van der Waals surface area contributed by atoms with Crippen LogP contribution in [0.5, 0.6) is 11.8 Å². The number of pyridine rings is 1. The highest BCUT2D eigenvalue weighted by Crippen LogP contribution is 2.12. The first-order chi connectivity index (χ1) is 6.36. The van der Waals surface area contributed by atoms with Crippen molar-refractivity contribution >= 4 is 0 Å². The van der Waals surface area contributed by atoms with Gasteiger partial charge in [0.25, 0.3) is 0 Å². The molecule has 0 fully saturated rings. The van der Waals surface area contributed by atoms with Crippen LogP contribution in [-0.4, -0.2) is 24.7 Å². The molecule has 0 aliphatic carbocycles. The summed E-state index contributed by atoms with van der Waals surface area (Å²) in [7, 11) is 0. The molecule has 1 aromatic heterocycles. The summed E-state index contributed by atoms with van der Waals surface area (Å²) in [4.78, 5) is 4.10. The van der Waals surface area contributed by atoms with Gasteiger partial charge in [0.05, 0.1) is 6.61 Å². The van der Waals surface area contributed by atoms with Gasteiger partial charge in [-0.3, -0.25) is 0 Å². The van der Waals surface area contributed by atoms with Crippen molar-refractivity contribution in [3.05, 3.63) is 18.2 Å². The summed E-state index contributed by atoms with van der Waals surface area (Å²) >= 11 is 0. The Morgan fingerprint density at radius 1 is 1.31 bits per heavy atom. The molecule has 1 aromatic rings. The summed E-state index contributed by atoms with van der Waals surface area (Å²) in [5, 5.41) is 0. The molecule has 0 amide bonds. The normalized spacial score (nSPS) is 9.69. The van der Waals surface area contributed by atoms with Gasteiger partial charge in [-0.15, -0.1) is 0 Å². The van der Waals surface area contributed by atoms with Gasteiger partial charge in [0.1, 0.15) is 6.61 Å². The molecule has 1 rings (SSSR count). The standard InChI is InChI=1S/C9H14N2O2/c1-2-12-8-4-3-5-9(11-8)13-7-6-10/h3-5H,2,6-7,10H2,1H3. The van der Waals surface area contributed by atoms with Crippen LogP contribution in [0.15, 0.2) is 18.2 Å². The zero-order valence-corrected chi connectivity index (χ0v) is 7.69. The molecule has 0 atom stereocenters. The molecule has 4 nitrogen and oxygen atoms in total. The molecule has 4 heteroatoms. The predicted octanol–water partition coefficient (Wildman–Crippen LogP) is 0.818. The largest absolute Gasteiger partial charge is 0.478 e. The average Bonchev–Trinajstić information content (AvgIpc) is 2.16. The lowest BCUT2D eigenvalue weighted by Crippen LogP contribution is -2.11. The third-order valence-electron chi connectivity index (χ3n) is 1.36. The van der Waals surface area contributed by atoms with E-state index in [-0.39, 0.29) is 0 Å². The second-order valence-corrected chi connectivity index (χ2v) is 2.38. The lowest BCUT2D eigenvalue weighted by Gasteiger charge is -2.05. The van der Waals surface area contributed by atoms with E-state index in [1.165, 1.54) is 0 Å². The summed E-state index contributed by atoms with van der Waals surface area (Å²) in [6.45, 7) is 3.48. The zero-order chi connectivity index (χ0) is 9.52. The molecule has 0 aliphatic heterocycles. The van der Waals surface area contributed by atoms with Crippen LogP contribution in [0.4, 0.5) is 0 Å². The van der Waals surface area contributed by atoms with Gasteiger partial charge in [-0.05, 0) is 6.92 Å². The molecule has 0 unspecified atom stereocenters. The number of hydrogen-bond acceptors (Lipinski definition) is 4. The van der Waals surface area contributed by atoms with Gasteiger partial charge in [-0.25, -0.2) is 0 Å². The highest BCUT2D eigenvalue weighted by atomic mass is 16.5. The molecular weight excluding hydrogens is 168 g/mol. The molecule has 0 bridgehead atoms. The molecule has 0 saturated heterocycles. The molecule has 0 aromatic carbocycles. The van der Waals surface area contributed by atoms with Crippen LogP contribution in [-0.2, 0) is 0 Å². The van der Waals surface area contributed by atoms with Crippen LogP contribution in [0.2, 0.25) is 0 Å². The topological polar surface area (TPSA) is 57.4 Å². The molecule has 0 saturated carbocycles. The molecule has 1 heterocycles. The van der Waals surface area contributed by atoms with Crippen LogP contribution in [0, 0.1) is 0 Å². The fourth-order valence-corrected chi connectivity index (χ4v) is 0.868. The monoisotopic (exact) mass is 182 g/mol. The minimum absolute atomic E-state index is 0.475. The van der Waals surface area contributed by atoms with E-state index in [2.05, 4.69) is 4.98 Å². The van der Waals surface area contributed by atoms with Gasteiger partial charge in [0.15, 0.2) is 0 Å². The average molecular weight is 182 g/mol. The van der Waals surface area contributed by atoms with Crippen molar-refractivity contribution in [2.75, 3.05) is 19.8 Å². The first kappa shape index (κ1) is 9.80. The Morgan fingerprint density at radius 3 is 2.62 bits per heavy atom. The van der Waals surface area contributed by atoms with Gasteiger partial charge < -0.3 is 15.2 Å². The van der Waals surface area contributed by atoms with Crippen molar-refractivity contribution < 1.29 is 9.47 Å². The lowest BCUT2D eigenvalue weighted by molar-refractivity contribution is 0.293. The molecule has 13 heavy (non-hydrogen) atoms. The fraction of sp³-hybridized carbons (Fsp3) is 0.444. The Kier molecular flexibility index (Phi) is 4.05. The smallest absolute Gasteiger partial charge is 0.216 e. The number of hydrogen-bond donors (Lipinski definition) is 1. The highest BCUT2D eigenvalue weighted by molar-refractivity contribution is 5.19. The van der Waals surface area contributed by atoms with Gasteiger partial charge in [0.2, 0.25) is 11.8 Å². The van der Waals surface area contributed by atoms with Gasteiger partial charge >= 0.3 is 0 Å². The molecule has 2 N–H and O–H groups in total. The quantitative estimate of drug-likeness (QED) is 0.732. The Balaban J connectivity index is 2.56. The predicted molar refractivity (Wildman–Crippen MR) is 50.0 cm³/mol. The van der Waals surface area contributed by atoms with Crippen molar-refractivity contribution in [1.29, 1.82) is 0 Å². The summed E-state index contributed by atoms with van der Waals surface area (Å²) < 4.78 is 10.4. The van der Waals surface area contributed by atoms with Crippen molar-refractivity contribution in [1.82, 2.24) is 4.98 Å². The van der Waals surface area contributed by atoms with Crippen molar-refractivity contribution in [2.24, 2.45) is 5.73 Å².